The van der Waals surface area contributed by atoms with Crippen LogP contribution in [0.2, 0.25) is 0 Å². The van der Waals surface area contributed by atoms with Crippen LogP contribution < -0.4 is 15.0 Å². The van der Waals surface area contributed by atoms with E-state index in [0.29, 0.717) is 11.3 Å². The van der Waals surface area contributed by atoms with E-state index in [4.69, 9.17) is 4.74 Å². The fourth-order valence-electron chi connectivity index (χ4n) is 1.84. The maximum absolute atomic E-state index is 11.4. The third-order valence-electron chi connectivity index (χ3n) is 2.75. The summed E-state index contributed by atoms with van der Waals surface area (Å²) in [6, 6.07) is 5.48. The standard InChI is InChI=1S/C13H20N2O3/c1-9(16)13-10(6-5-7-11(13)18-4)15(3)8-12(17)14-2/h5-7,9,16H,8H2,1-4H3,(H,14,17)/t9-/m1/s1. The number of benzene rings is 1. The van der Waals surface area contributed by atoms with Crippen LogP contribution in [-0.2, 0) is 4.79 Å². The minimum atomic E-state index is -0.664. The van der Waals surface area contributed by atoms with Gasteiger partial charge in [0.1, 0.15) is 5.75 Å². The molecule has 0 aliphatic rings. The largest absolute Gasteiger partial charge is 0.496 e. The topological polar surface area (TPSA) is 61.8 Å². The average Bonchev–Trinajstić information content (AvgIpc) is 2.37. The highest BCUT2D eigenvalue weighted by molar-refractivity contribution is 5.81. The number of hydrogen-bond donors (Lipinski definition) is 2. The Kier molecular flexibility index (Phi) is 4.97. The molecule has 0 aliphatic heterocycles. The summed E-state index contributed by atoms with van der Waals surface area (Å²) in [7, 11) is 4.96. The Morgan fingerprint density at radius 3 is 2.72 bits per heavy atom. The summed E-state index contributed by atoms with van der Waals surface area (Å²) in [6.07, 6.45) is -0.664. The van der Waals surface area contributed by atoms with Gasteiger partial charge in [-0.1, -0.05) is 6.07 Å². The summed E-state index contributed by atoms with van der Waals surface area (Å²) in [6.45, 7) is 1.90. The molecule has 2 N–H and O–H groups in total. The third-order valence-corrected chi connectivity index (χ3v) is 2.75. The number of carbonyl (C=O) groups is 1. The van der Waals surface area contributed by atoms with Crippen LogP contribution in [0, 0.1) is 0 Å². The zero-order valence-electron chi connectivity index (χ0n) is 11.2. The Morgan fingerprint density at radius 1 is 1.56 bits per heavy atom. The number of nitrogens with one attached hydrogen (secondary N) is 1. The van der Waals surface area contributed by atoms with Crippen LogP contribution in [-0.4, -0.2) is 38.8 Å². The fourth-order valence-corrected chi connectivity index (χ4v) is 1.84. The SMILES string of the molecule is CNC(=O)CN(C)c1cccc(OC)c1[C@@H](C)O. The van der Waals surface area contributed by atoms with Gasteiger partial charge in [0, 0.05) is 25.3 Å². The van der Waals surface area contributed by atoms with E-state index in [1.165, 1.54) is 0 Å². The Morgan fingerprint density at radius 2 is 2.22 bits per heavy atom. The molecule has 0 saturated carbocycles. The maximum atomic E-state index is 11.4. The number of anilines is 1. The van der Waals surface area contributed by atoms with E-state index in [-0.39, 0.29) is 12.5 Å². The molecule has 1 aromatic rings. The predicted molar refractivity (Wildman–Crippen MR) is 71.0 cm³/mol. The van der Waals surface area contributed by atoms with Crippen molar-refractivity contribution in [1.82, 2.24) is 5.32 Å². The molecule has 0 aromatic heterocycles. The van der Waals surface area contributed by atoms with E-state index in [1.807, 2.05) is 12.1 Å². The summed E-state index contributed by atoms with van der Waals surface area (Å²) in [5.41, 5.74) is 1.47. The van der Waals surface area contributed by atoms with Crippen LogP contribution >= 0.6 is 0 Å². The van der Waals surface area contributed by atoms with Crippen molar-refractivity contribution in [1.29, 1.82) is 0 Å². The van der Waals surface area contributed by atoms with E-state index in [2.05, 4.69) is 5.32 Å². The number of amides is 1. The van der Waals surface area contributed by atoms with Crippen molar-refractivity contribution in [2.24, 2.45) is 0 Å². The second kappa shape index (κ2) is 6.26. The summed E-state index contributed by atoms with van der Waals surface area (Å²) in [4.78, 5) is 13.2. The highest BCUT2D eigenvalue weighted by Crippen LogP contribution is 2.33. The zero-order valence-corrected chi connectivity index (χ0v) is 11.2. The van der Waals surface area contributed by atoms with Crippen LogP contribution in [0.5, 0.6) is 5.75 Å². The Bertz CT molecular complexity index is 419. The number of aliphatic hydroxyl groups excluding tert-OH is 1. The molecule has 0 fully saturated rings. The lowest BCUT2D eigenvalue weighted by Gasteiger charge is -2.24. The number of methoxy groups -OCH3 is 1. The van der Waals surface area contributed by atoms with Crippen molar-refractivity contribution in [3.63, 3.8) is 0 Å². The lowest BCUT2D eigenvalue weighted by atomic mass is 10.1. The average molecular weight is 252 g/mol. The molecule has 1 amide bonds. The second-order valence-corrected chi connectivity index (χ2v) is 4.10. The van der Waals surface area contributed by atoms with Gasteiger partial charge in [-0.15, -0.1) is 0 Å². The third kappa shape index (κ3) is 3.13. The molecule has 100 valence electrons. The van der Waals surface area contributed by atoms with Gasteiger partial charge >= 0.3 is 0 Å². The summed E-state index contributed by atoms with van der Waals surface area (Å²) in [5, 5.41) is 12.4. The number of ether oxygens (including phenoxy) is 1. The molecule has 0 bridgehead atoms. The van der Waals surface area contributed by atoms with Gasteiger partial charge in [0.15, 0.2) is 0 Å². The van der Waals surface area contributed by atoms with E-state index in [9.17, 15) is 9.90 Å². The van der Waals surface area contributed by atoms with Gasteiger partial charge in [-0.25, -0.2) is 0 Å². The van der Waals surface area contributed by atoms with Crippen LogP contribution in [0.15, 0.2) is 18.2 Å². The lowest BCUT2D eigenvalue weighted by Crippen LogP contribution is -2.33. The Hall–Kier alpha value is -1.75. The van der Waals surface area contributed by atoms with Crippen molar-refractivity contribution in [2.45, 2.75) is 13.0 Å². The van der Waals surface area contributed by atoms with Crippen molar-refractivity contribution in [2.75, 3.05) is 32.6 Å². The quantitative estimate of drug-likeness (QED) is 0.818. The van der Waals surface area contributed by atoms with Crippen LogP contribution in [0.25, 0.3) is 0 Å². The van der Waals surface area contributed by atoms with E-state index >= 15 is 0 Å². The summed E-state index contributed by atoms with van der Waals surface area (Å²) >= 11 is 0. The van der Waals surface area contributed by atoms with Gasteiger partial charge < -0.3 is 20.1 Å². The number of likely N-dealkylation sites (N-methyl/N-ethyl adjacent to an activating group) is 2. The van der Waals surface area contributed by atoms with Gasteiger partial charge in [-0.3, -0.25) is 4.79 Å². The summed E-state index contributed by atoms with van der Waals surface area (Å²) < 4.78 is 5.24. The minimum absolute atomic E-state index is 0.0862. The molecule has 5 heteroatoms. The molecule has 0 aliphatic carbocycles. The number of nitrogens with zero attached hydrogens (tertiary/aromatic N) is 1. The number of aliphatic hydroxyl groups is 1. The molecule has 18 heavy (non-hydrogen) atoms. The van der Waals surface area contributed by atoms with Crippen LogP contribution in [0.3, 0.4) is 0 Å². The molecule has 0 saturated heterocycles. The van der Waals surface area contributed by atoms with Crippen molar-refractivity contribution in [3.05, 3.63) is 23.8 Å². The van der Waals surface area contributed by atoms with Crippen molar-refractivity contribution in [3.8, 4) is 5.75 Å². The monoisotopic (exact) mass is 252 g/mol. The first-order valence-corrected chi connectivity index (χ1v) is 5.78. The number of rotatable bonds is 5. The molecular formula is C13H20N2O3. The number of hydrogen-bond acceptors (Lipinski definition) is 4. The Labute approximate surface area is 107 Å². The highest BCUT2D eigenvalue weighted by atomic mass is 16.5. The maximum Gasteiger partial charge on any atom is 0.239 e. The molecule has 1 rings (SSSR count). The van der Waals surface area contributed by atoms with Crippen LogP contribution in [0.4, 0.5) is 5.69 Å². The smallest absolute Gasteiger partial charge is 0.239 e. The Balaban J connectivity index is 3.11. The van der Waals surface area contributed by atoms with Gasteiger partial charge in [0.05, 0.1) is 19.8 Å². The van der Waals surface area contributed by atoms with Gasteiger partial charge in [-0.05, 0) is 19.1 Å². The molecule has 5 nitrogen and oxygen atoms in total. The predicted octanol–water partition coefficient (Wildman–Crippen LogP) is 0.931. The van der Waals surface area contributed by atoms with E-state index < -0.39 is 6.10 Å². The lowest BCUT2D eigenvalue weighted by molar-refractivity contribution is -0.119. The van der Waals surface area contributed by atoms with E-state index in [1.54, 1.807) is 39.1 Å². The van der Waals surface area contributed by atoms with Crippen LogP contribution in [0.1, 0.15) is 18.6 Å². The van der Waals surface area contributed by atoms with Gasteiger partial charge in [0.2, 0.25) is 5.91 Å². The molecule has 1 aromatic carbocycles. The normalized spacial score (nSPS) is 11.8. The van der Waals surface area contributed by atoms with E-state index in [0.717, 1.165) is 5.69 Å². The molecule has 0 radical (unpaired) electrons. The zero-order chi connectivity index (χ0) is 13.7. The first kappa shape index (κ1) is 14.3. The van der Waals surface area contributed by atoms with Gasteiger partial charge in [-0.2, -0.15) is 0 Å². The first-order valence-electron chi connectivity index (χ1n) is 5.78. The molecule has 0 heterocycles. The first-order chi connectivity index (χ1) is 8.51. The number of carbonyl (C=O) groups excluding carboxylic acids is 1. The molecule has 0 spiro atoms. The minimum Gasteiger partial charge on any atom is -0.496 e. The van der Waals surface area contributed by atoms with Crippen molar-refractivity contribution >= 4 is 11.6 Å². The highest BCUT2D eigenvalue weighted by Gasteiger charge is 2.17. The molecular weight excluding hydrogens is 232 g/mol. The fraction of sp³-hybridized carbons (Fsp3) is 0.462. The molecule has 1 atom stereocenters. The van der Waals surface area contributed by atoms with Gasteiger partial charge in [0.25, 0.3) is 0 Å². The molecule has 0 unspecified atom stereocenters. The second-order valence-electron chi connectivity index (χ2n) is 4.10. The summed E-state index contributed by atoms with van der Waals surface area (Å²) in [5.74, 6) is 0.531. The van der Waals surface area contributed by atoms with Crippen molar-refractivity contribution < 1.29 is 14.6 Å².